The smallest absolute Gasteiger partial charge is 0.394 e. The maximum atomic E-state index is 10.7. The summed E-state index contributed by atoms with van der Waals surface area (Å²) in [5, 5.41) is 10.4. The first kappa shape index (κ1) is 9.05. The third-order valence-corrected chi connectivity index (χ3v) is 1.36. The molecule has 0 saturated carbocycles. The molecular weight excluding hydrogens is 172 g/mol. The SMILES string of the molecule is Nc1ccc(NC(=O)C(=O)O)cc1. The fourth-order valence-corrected chi connectivity index (χ4v) is 0.751. The predicted molar refractivity (Wildman–Crippen MR) is 47.1 cm³/mol. The van der Waals surface area contributed by atoms with Gasteiger partial charge in [0.05, 0.1) is 0 Å². The number of carbonyl (C=O) groups excluding carboxylic acids is 1. The second-order valence-corrected chi connectivity index (χ2v) is 2.38. The summed E-state index contributed by atoms with van der Waals surface area (Å²) in [6, 6.07) is 6.18. The van der Waals surface area contributed by atoms with Gasteiger partial charge in [0.1, 0.15) is 0 Å². The minimum Gasteiger partial charge on any atom is -0.474 e. The van der Waals surface area contributed by atoms with Gasteiger partial charge in [-0.3, -0.25) is 4.79 Å². The highest BCUT2D eigenvalue weighted by atomic mass is 16.4. The van der Waals surface area contributed by atoms with Crippen LogP contribution in [0.2, 0.25) is 0 Å². The number of amides is 1. The molecule has 0 aliphatic heterocycles. The lowest BCUT2D eigenvalue weighted by molar-refractivity contribution is -0.147. The number of hydrogen-bond donors (Lipinski definition) is 3. The Morgan fingerprint density at radius 2 is 1.77 bits per heavy atom. The van der Waals surface area contributed by atoms with Crippen molar-refractivity contribution < 1.29 is 14.7 Å². The van der Waals surface area contributed by atoms with Crippen LogP contribution in [0, 0.1) is 0 Å². The van der Waals surface area contributed by atoms with Gasteiger partial charge in [0.2, 0.25) is 0 Å². The van der Waals surface area contributed by atoms with E-state index < -0.39 is 11.9 Å². The van der Waals surface area contributed by atoms with E-state index in [1.807, 2.05) is 0 Å². The molecule has 1 aromatic carbocycles. The second-order valence-electron chi connectivity index (χ2n) is 2.38. The van der Waals surface area contributed by atoms with Crippen molar-refractivity contribution in [3.05, 3.63) is 24.3 Å². The van der Waals surface area contributed by atoms with Crippen molar-refractivity contribution >= 4 is 23.3 Å². The van der Waals surface area contributed by atoms with Crippen LogP contribution in [0.15, 0.2) is 24.3 Å². The van der Waals surface area contributed by atoms with E-state index in [9.17, 15) is 9.59 Å². The molecule has 4 N–H and O–H groups in total. The number of carboxylic acids is 1. The Labute approximate surface area is 74.2 Å². The van der Waals surface area contributed by atoms with Crippen LogP contribution in [0.5, 0.6) is 0 Å². The van der Waals surface area contributed by atoms with E-state index in [2.05, 4.69) is 5.32 Å². The van der Waals surface area contributed by atoms with Gasteiger partial charge in [0, 0.05) is 11.4 Å². The van der Waals surface area contributed by atoms with Crippen molar-refractivity contribution in [2.24, 2.45) is 0 Å². The summed E-state index contributed by atoms with van der Waals surface area (Å²) in [4.78, 5) is 20.8. The summed E-state index contributed by atoms with van der Waals surface area (Å²) >= 11 is 0. The lowest BCUT2D eigenvalue weighted by Gasteiger charge is -2.01. The topological polar surface area (TPSA) is 92.4 Å². The predicted octanol–water partition coefficient (Wildman–Crippen LogP) is 0.292. The highest BCUT2D eigenvalue weighted by molar-refractivity contribution is 6.36. The molecule has 0 saturated heterocycles. The fraction of sp³-hybridized carbons (Fsp3) is 0. The Bertz CT molecular complexity index is 332. The number of rotatable bonds is 1. The first-order chi connectivity index (χ1) is 6.09. The number of hydrogen-bond acceptors (Lipinski definition) is 3. The van der Waals surface area contributed by atoms with Crippen molar-refractivity contribution in [3.63, 3.8) is 0 Å². The lowest BCUT2D eigenvalue weighted by Crippen LogP contribution is -2.21. The zero-order valence-electron chi connectivity index (χ0n) is 6.65. The number of carbonyl (C=O) groups is 2. The van der Waals surface area contributed by atoms with Crippen LogP contribution < -0.4 is 11.1 Å². The molecular formula is C8H8N2O3. The molecule has 0 spiro atoms. The molecule has 0 radical (unpaired) electrons. The summed E-state index contributed by atoms with van der Waals surface area (Å²) in [5.41, 5.74) is 6.34. The van der Waals surface area contributed by atoms with Crippen molar-refractivity contribution in [2.75, 3.05) is 11.1 Å². The third-order valence-electron chi connectivity index (χ3n) is 1.36. The highest BCUT2D eigenvalue weighted by Gasteiger charge is 2.10. The average molecular weight is 180 g/mol. The van der Waals surface area contributed by atoms with Gasteiger partial charge in [-0.2, -0.15) is 0 Å². The summed E-state index contributed by atoms with van der Waals surface area (Å²) < 4.78 is 0. The van der Waals surface area contributed by atoms with Crippen LogP contribution in [0.1, 0.15) is 0 Å². The molecule has 0 unspecified atom stereocenters. The number of carboxylic acid groups (broad SMARTS) is 1. The zero-order chi connectivity index (χ0) is 9.84. The molecule has 0 heterocycles. The number of benzene rings is 1. The molecule has 0 aliphatic rings. The highest BCUT2D eigenvalue weighted by Crippen LogP contribution is 2.09. The van der Waals surface area contributed by atoms with Gasteiger partial charge in [-0.25, -0.2) is 4.79 Å². The molecule has 68 valence electrons. The lowest BCUT2D eigenvalue weighted by atomic mass is 10.3. The molecule has 1 aromatic rings. The summed E-state index contributed by atoms with van der Waals surface area (Å²) in [6.07, 6.45) is 0. The number of nitrogen functional groups attached to an aromatic ring is 1. The molecule has 1 rings (SSSR count). The number of nitrogens with one attached hydrogen (secondary N) is 1. The van der Waals surface area contributed by atoms with Gasteiger partial charge in [-0.05, 0) is 24.3 Å². The largest absolute Gasteiger partial charge is 0.474 e. The van der Waals surface area contributed by atoms with Gasteiger partial charge in [0.15, 0.2) is 0 Å². The second kappa shape index (κ2) is 3.57. The monoisotopic (exact) mass is 180 g/mol. The first-order valence-corrected chi connectivity index (χ1v) is 3.49. The van der Waals surface area contributed by atoms with Gasteiger partial charge >= 0.3 is 11.9 Å². The Morgan fingerprint density at radius 3 is 2.23 bits per heavy atom. The van der Waals surface area contributed by atoms with Crippen molar-refractivity contribution in [2.45, 2.75) is 0 Å². The fourth-order valence-electron chi connectivity index (χ4n) is 0.751. The molecule has 1 amide bonds. The van der Waals surface area contributed by atoms with Crippen LogP contribution in [-0.2, 0) is 9.59 Å². The molecule has 0 fully saturated rings. The standard InChI is InChI=1S/C8H8N2O3/c9-5-1-3-6(4-2-5)10-7(11)8(12)13/h1-4H,9H2,(H,10,11)(H,12,13). The normalized spacial score (nSPS) is 9.23. The van der Waals surface area contributed by atoms with Crippen LogP contribution in [0.3, 0.4) is 0 Å². The van der Waals surface area contributed by atoms with Crippen LogP contribution in [0.4, 0.5) is 11.4 Å². The van der Waals surface area contributed by atoms with Crippen LogP contribution >= 0.6 is 0 Å². The summed E-state index contributed by atoms with van der Waals surface area (Å²) in [7, 11) is 0. The average Bonchev–Trinajstić information content (AvgIpc) is 2.08. The molecule has 13 heavy (non-hydrogen) atoms. The van der Waals surface area contributed by atoms with E-state index >= 15 is 0 Å². The Kier molecular flexibility index (Phi) is 2.49. The zero-order valence-corrected chi connectivity index (χ0v) is 6.65. The van der Waals surface area contributed by atoms with E-state index in [0.29, 0.717) is 11.4 Å². The van der Waals surface area contributed by atoms with E-state index in [1.54, 1.807) is 12.1 Å². The minimum atomic E-state index is -1.52. The number of nitrogens with two attached hydrogens (primary N) is 1. The number of aliphatic carboxylic acids is 1. The molecule has 0 aromatic heterocycles. The van der Waals surface area contributed by atoms with E-state index in [1.165, 1.54) is 12.1 Å². The quantitative estimate of drug-likeness (QED) is 0.428. The molecule has 5 nitrogen and oxygen atoms in total. The molecule has 5 heteroatoms. The molecule has 0 bridgehead atoms. The van der Waals surface area contributed by atoms with E-state index in [0.717, 1.165) is 0 Å². The van der Waals surface area contributed by atoms with Crippen LogP contribution in [0.25, 0.3) is 0 Å². The van der Waals surface area contributed by atoms with Crippen LogP contribution in [-0.4, -0.2) is 17.0 Å². The third kappa shape index (κ3) is 2.48. The molecule has 0 aliphatic carbocycles. The number of anilines is 2. The van der Waals surface area contributed by atoms with E-state index in [4.69, 9.17) is 10.8 Å². The van der Waals surface area contributed by atoms with Crippen molar-refractivity contribution in [1.82, 2.24) is 0 Å². The summed E-state index contributed by atoms with van der Waals surface area (Å²) in [5.74, 6) is -2.58. The van der Waals surface area contributed by atoms with Gasteiger partial charge < -0.3 is 16.2 Å². The maximum absolute atomic E-state index is 10.7. The van der Waals surface area contributed by atoms with Gasteiger partial charge in [0.25, 0.3) is 0 Å². The van der Waals surface area contributed by atoms with E-state index in [-0.39, 0.29) is 0 Å². The van der Waals surface area contributed by atoms with Gasteiger partial charge in [-0.1, -0.05) is 0 Å². The summed E-state index contributed by atoms with van der Waals surface area (Å²) in [6.45, 7) is 0. The Hall–Kier alpha value is -2.04. The Morgan fingerprint density at radius 1 is 1.23 bits per heavy atom. The van der Waals surface area contributed by atoms with Gasteiger partial charge in [-0.15, -0.1) is 0 Å². The maximum Gasteiger partial charge on any atom is 0.394 e. The first-order valence-electron chi connectivity index (χ1n) is 3.49. The minimum absolute atomic E-state index is 0.404. The van der Waals surface area contributed by atoms with Crippen molar-refractivity contribution in [3.8, 4) is 0 Å². The molecule has 0 atom stereocenters. The van der Waals surface area contributed by atoms with Crippen molar-refractivity contribution in [1.29, 1.82) is 0 Å². The Balaban J connectivity index is 2.70.